The standard InChI is InChI=1S/C18H21FN2O3S/c1-12-9-15(11-17(13(12)2)25(23,24)20-3)18(22)21-8-7-14-5-4-6-16(19)10-14/h4-6,9-11,20H,7-8H2,1-3H3,(H,21,22). The van der Waals surface area contributed by atoms with Crippen LogP contribution in [0.3, 0.4) is 0 Å². The Bertz CT molecular complexity index is 895. The summed E-state index contributed by atoms with van der Waals surface area (Å²) in [5, 5.41) is 2.73. The molecule has 0 saturated carbocycles. The van der Waals surface area contributed by atoms with Gasteiger partial charge in [0, 0.05) is 12.1 Å². The quantitative estimate of drug-likeness (QED) is 0.826. The molecule has 0 unspecified atom stereocenters. The first-order chi connectivity index (χ1) is 11.7. The number of hydrogen-bond acceptors (Lipinski definition) is 3. The summed E-state index contributed by atoms with van der Waals surface area (Å²) < 4.78 is 39.6. The van der Waals surface area contributed by atoms with Crippen molar-refractivity contribution in [2.45, 2.75) is 25.2 Å². The fourth-order valence-electron chi connectivity index (χ4n) is 2.46. The van der Waals surface area contributed by atoms with Gasteiger partial charge in [-0.15, -0.1) is 0 Å². The highest BCUT2D eigenvalue weighted by Gasteiger charge is 2.19. The van der Waals surface area contributed by atoms with Crippen LogP contribution < -0.4 is 10.0 Å². The van der Waals surface area contributed by atoms with Crippen molar-refractivity contribution < 1.29 is 17.6 Å². The van der Waals surface area contributed by atoms with Gasteiger partial charge in [-0.2, -0.15) is 0 Å². The van der Waals surface area contributed by atoms with E-state index in [4.69, 9.17) is 0 Å². The lowest BCUT2D eigenvalue weighted by molar-refractivity contribution is 0.0954. The van der Waals surface area contributed by atoms with Crippen LogP contribution in [0, 0.1) is 19.7 Å². The van der Waals surface area contributed by atoms with Gasteiger partial charge in [-0.05, 0) is 68.3 Å². The van der Waals surface area contributed by atoms with Crippen LogP contribution in [0.1, 0.15) is 27.0 Å². The first-order valence-corrected chi connectivity index (χ1v) is 9.30. The zero-order chi connectivity index (χ0) is 18.6. The van der Waals surface area contributed by atoms with Gasteiger partial charge >= 0.3 is 0 Å². The molecule has 0 bridgehead atoms. The maximum atomic E-state index is 13.1. The fourth-order valence-corrected chi connectivity index (χ4v) is 3.53. The Morgan fingerprint density at radius 1 is 1.16 bits per heavy atom. The van der Waals surface area contributed by atoms with Crippen molar-refractivity contribution in [3.05, 3.63) is 64.5 Å². The largest absolute Gasteiger partial charge is 0.352 e. The molecule has 2 rings (SSSR count). The van der Waals surface area contributed by atoms with E-state index < -0.39 is 10.0 Å². The molecule has 0 saturated heterocycles. The van der Waals surface area contributed by atoms with E-state index in [2.05, 4.69) is 10.0 Å². The molecular formula is C18H21FN2O3S. The maximum Gasteiger partial charge on any atom is 0.251 e. The summed E-state index contributed by atoms with van der Waals surface area (Å²) in [5.74, 6) is -0.688. The van der Waals surface area contributed by atoms with Gasteiger partial charge in [-0.25, -0.2) is 17.5 Å². The molecule has 0 aliphatic carbocycles. The zero-order valence-electron chi connectivity index (χ0n) is 14.4. The average Bonchev–Trinajstić information content (AvgIpc) is 2.57. The van der Waals surface area contributed by atoms with Crippen LogP contribution in [0.15, 0.2) is 41.3 Å². The highest BCUT2D eigenvalue weighted by molar-refractivity contribution is 7.89. The van der Waals surface area contributed by atoms with E-state index in [1.807, 2.05) is 0 Å². The number of rotatable bonds is 6. The van der Waals surface area contributed by atoms with Crippen molar-refractivity contribution in [3.63, 3.8) is 0 Å². The van der Waals surface area contributed by atoms with E-state index in [0.717, 1.165) is 5.56 Å². The fraction of sp³-hybridized carbons (Fsp3) is 0.278. The Balaban J connectivity index is 2.14. The van der Waals surface area contributed by atoms with Crippen LogP contribution >= 0.6 is 0 Å². The van der Waals surface area contributed by atoms with E-state index in [1.165, 1.54) is 25.2 Å². The second-order valence-electron chi connectivity index (χ2n) is 5.76. The minimum atomic E-state index is -3.65. The van der Waals surface area contributed by atoms with E-state index in [1.54, 1.807) is 32.0 Å². The summed E-state index contributed by atoms with van der Waals surface area (Å²) in [7, 11) is -2.32. The molecule has 2 aromatic carbocycles. The summed E-state index contributed by atoms with van der Waals surface area (Å²) in [4.78, 5) is 12.4. The van der Waals surface area contributed by atoms with E-state index >= 15 is 0 Å². The molecule has 0 heterocycles. The van der Waals surface area contributed by atoms with Gasteiger partial charge < -0.3 is 5.32 Å². The second kappa shape index (κ2) is 7.76. The number of aryl methyl sites for hydroxylation is 1. The van der Waals surface area contributed by atoms with Crippen molar-refractivity contribution in [1.82, 2.24) is 10.0 Å². The summed E-state index contributed by atoms with van der Waals surface area (Å²) in [6, 6.07) is 9.20. The molecule has 0 aromatic heterocycles. The normalized spacial score (nSPS) is 11.4. The topological polar surface area (TPSA) is 75.3 Å². The lowest BCUT2D eigenvalue weighted by Crippen LogP contribution is -2.27. The molecule has 2 N–H and O–H groups in total. The predicted molar refractivity (Wildman–Crippen MR) is 94.6 cm³/mol. The number of carbonyl (C=O) groups excluding carboxylic acids is 1. The van der Waals surface area contributed by atoms with Crippen LogP contribution in [0.25, 0.3) is 0 Å². The van der Waals surface area contributed by atoms with Gasteiger partial charge in [0.1, 0.15) is 5.82 Å². The third kappa shape index (κ3) is 4.64. The molecule has 7 heteroatoms. The molecular weight excluding hydrogens is 343 g/mol. The molecule has 0 aliphatic rings. The summed E-state index contributed by atoms with van der Waals surface area (Å²) in [6.45, 7) is 3.78. The first-order valence-electron chi connectivity index (χ1n) is 7.82. The molecule has 2 aromatic rings. The Morgan fingerprint density at radius 3 is 2.52 bits per heavy atom. The maximum absolute atomic E-state index is 13.1. The van der Waals surface area contributed by atoms with Crippen molar-refractivity contribution in [2.24, 2.45) is 0 Å². The lowest BCUT2D eigenvalue weighted by atomic mass is 10.1. The second-order valence-corrected chi connectivity index (χ2v) is 7.61. The van der Waals surface area contributed by atoms with Gasteiger partial charge in [-0.3, -0.25) is 4.79 Å². The highest BCUT2D eigenvalue weighted by Crippen LogP contribution is 2.21. The molecule has 0 spiro atoms. The van der Waals surface area contributed by atoms with Gasteiger partial charge in [0.15, 0.2) is 0 Å². The summed E-state index contributed by atoms with van der Waals surface area (Å²) in [5.41, 5.74) is 2.37. The third-order valence-corrected chi connectivity index (χ3v) is 5.57. The average molecular weight is 364 g/mol. The molecule has 0 fully saturated rings. The smallest absolute Gasteiger partial charge is 0.251 e. The molecule has 134 valence electrons. The van der Waals surface area contributed by atoms with Gasteiger partial charge in [0.25, 0.3) is 5.91 Å². The van der Waals surface area contributed by atoms with Gasteiger partial charge in [0.05, 0.1) is 4.90 Å². The van der Waals surface area contributed by atoms with Crippen molar-refractivity contribution in [2.75, 3.05) is 13.6 Å². The van der Waals surface area contributed by atoms with Crippen LogP contribution in [0.4, 0.5) is 4.39 Å². The van der Waals surface area contributed by atoms with Crippen LogP contribution in [-0.4, -0.2) is 27.9 Å². The Kier molecular flexibility index (Phi) is 5.92. The number of amides is 1. The number of halogens is 1. The highest BCUT2D eigenvalue weighted by atomic mass is 32.2. The number of hydrogen-bond donors (Lipinski definition) is 2. The number of benzene rings is 2. The molecule has 1 amide bonds. The van der Waals surface area contributed by atoms with Crippen LogP contribution in [0.5, 0.6) is 0 Å². The van der Waals surface area contributed by atoms with Gasteiger partial charge in [0.2, 0.25) is 10.0 Å². The molecule has 0 radical (unpaired) electrons. The van der Waals surface area contributed by atoms with E-state index in [-0.39, 0.29) is 22.2 Å². The number of sulfonamides is 1. The van der Waals surface area contributed by atoms with Crippen LogP contribution in [-0.2, 0) is 16.4 Å². The summed E-state index contributed by atoms with van der Waals surface area (Å²) in [6.07, 6.45) is 0.482. The van der Waals surface area contributed by atoms with Crippen molar-refractivity contribution >= 4 is 15.9 Å². The summed E-state index contributed by atoms with van der Waals surface area (Å²) >= 11 is 0. The van der Waals surface area contributed by atoms with Crippen molar-refractivity contribution in [3.8, 4) is 0 Å². The minimum absolute atomic E-state index is 0.0882. The minimum Gasteiger partial charge on any atom is -0.352 e. The SMILES string of the molecule is CNS(=O)(=O)c1cc(C(=O)NCCc2cccc(F)c2)cc(C)c1C. The molecule has 5 nitrogen and oxygen atoms in total. The van der Waals surface area contributed by atoms with E-state index in [0.29, 0.717) is 24.1 Å². The monoisotopic (exact) mass is 364 g/mol. The zero-order valence-corrected chi connectivity index (χ0v) is 15.2. The predicted octanol–water partition coefficient (Wildman–Crippen LogP) is 2.32. The number of carbonyl (C=O) groups is 1. The molecule has 0 atom stereocenters. The van der Waals surface area contributed by atoms with Gasteiger partial charge in [-0.1, -0.05) is 12.1 Å². The van der Waals surface area contributed by atoms with Crippen molar-refractivity contribution in [1.29, 1.82) is 0 Å². The first kappa shape index (κ1) is 19.1. The Hall–Kier alpha value is -2.25. The molecule has 0 aliphatic heterocycles. The third-order valence-electron chi connectivity index (χ3n) is 4.03. The lowest BCUT2D eigenvalue weighted by Gasteiger charge is -2.12. The Labute approximate surface area is 147 Å². The Morgan fingerprint density at radius 2 is 1.88 bits per heavy atom. The molecule has 25 heavy (non-hydrogen) atoms. The number of nitrogens with one attached hydrogen (secondary N) is 2. The van der Waals surface area contributed by atoms with E-state index in [9.17, 15) is 17.6 Å². The van der Waals surface area contributed by atoms with Crippen LogP contribution in [0.2, 0.25) is 0 Å².